The topological polar surface area (TPSA) is 64.6 Å². The maximum atomic E-state index is 11.9. The van der Waals surface area contributed by atoms with Crippen LogP contribution in [-0.4, -0.2) is 25.1 Å². The Morgan fingerprint density at radius 3 is 2.69 bits per heavy atom. The lowest BCUT2D eigenvalue weighted by molar-refractivity contribution is -0.149. The molecule has 0 atom stereocenters. The third kappa shape index (κ3) is 4.85. The molecule has 0 aliphatic heterocycles. The first kappa shape index (κ1) is 18.5. The van der Waals surface area contributed by atoms with Gasteiger partial charge >= 0.3 is 5.97 Å². The van der Waals surface area contributed by atoms with E-state index in [0.717, 1.165) is 29.3 Å². The number of aryl methyl sites for hydroxylation is 3. The number of carbonyl (C=O) groups excluding carboxylic acids is 2. The minimum atomic E-state index is -0.576. The predicted molar refractivity (Wildman–Crippen MR) is 102 cm³/mol. The minimum Gasteiger partial charge on any atom is -0.482 e. The Bertz CT molecular complexity index is 835. The fourth-order valence-corrected chi connectivity index (χ4v) is 3.40. The van der Waals surface area contributed by atoms with Gasteiger partial charge in [0, 0.05) is 10.2 Å². The maximum absolute atomic E-state index is 11.9. The number of fused-ring (bicyclic) bond motifs is 1. The van der Waals surface area contributed by atoms with E-state index in [1.165, 1.54) is 11.1 Å². The lowest BCUT2D eigenvalue weighted by atomic mass is 10.1. The van der Waals surface area contributed by atoms with Crippen molar-refractivity contribution < 1.29 is 19.1 Å². The molecule has 2 aromatic rings. The van der Waals surface area contributed by atoms with Crippen molar-refractivity contribution in [3.05, 3.63) is 57.6 Å². The van der Waals surface area contributed by atoms with Crippen LogP contribution in [-0.2, 0) is 27.2 Å². The number of rotatable bonds is 6. The number of halogens is 1. The van der Waals surface area contributed by atoms with Crippen LogP contribution in [0.4, 0.5) is 5.69 Å². The molecule has 26 heavy (non-hydrogen) atoms. The highest BCUT2D eigenvalue weighted by Gasteiger charge is 2.13. The van der Waals surface area contributed by atoms with Crippen molar-refractivity contribution in [3.63, 3.8) is 0 Å². The Balaban J connectivity index is 1.43. The standard InChI is InChI=1S/C20H20BrNO4/c1-13-9-16(21)6-8-18(13)22-19(23)11-26-20(24)12-25-17-7-5-14-3-2-4-15(14)10-17/h5-10H,2-4,11-12H2,1H3,(H,22,23). The second-order valence-electron chi connectivity index (χ2n) is 6.24. The van der Waals surface area contributed by atoms with Crippen molar-refractivity contribution in [3.8, 4) is 5.75 Å². The summed E-state index contributed by atoms with van der Waals surface area (Å²) in [6, 6.07) is 11.4. The Morgan fingerprint density at radius 1 is 1.08 bits per heavy atom. The molecule has 0 saturated carbocycles. The van der Waals surface area contributed by atoms with Gasteiger partial charge in [0.1, 0.15) is 5.75 Å². The summed E-state index contributed by atoms with van der Waals surface area (Å²) in [4.78, 5) is 23.7. The van der Waals surface area contributed by atoms with Crippen LogP contribution in [0.15, 0.2) is 40.9 Å². The molecule has 3 rings (SSSR count). The summed E-state index contributed by atoms with van der Waals surface area (Å²) in [5.41, 5.74) is 4.22. The Labute approximate surface area is 160 Å². The number of benzene rings is 2. The highest BCUT2D eigenvalue weighted by Crippen LogP contribution is 2.26. The molecule has 0 heterocycles. The van der Waals surface area contributed by atoms with Crippen molar-refractivity contribution in [2.75, 3.05) is 18.5 Å². The molecule has 2 aromatic carbocycles. The molecule has 0 fully saturated rings. The number of hydrogen-bond donors (Lipinski definition) is 1. The van der Waals surface area contributed by atoms with Gasteiger partial charge < -0.3 is 14.8 Å². The molecule has 0 radical (unpaired) electrons. The summed E-state index contributed by atoms with van der Waals surface area (Å²) in [6.07, 6.45) is 3.31. The zero-order valence-electron chi connectivity index (χ0n) is 14.5. The zero-order valence-corrected chi connectivity index (χ0v) is 16.1. The number of nitrogens with one attached hydrogen (secondary N) is 1. The summed E-state index contributed by atoms with van der Waals surface area (Å²) in [7, 11) is 0. The van der Waals surface area contributed by atoms with Crippen molar-refractivity contribution in [2.24, 2.45) is 0 Å². The number of carbonyl (C=O) groups is 2. The average Bonchev–Trinajstić information content (AvgIpc) is 3.08. The van der Waals surface area contributed by atoms with Gasteiger partial charge in [-0.25, -0.2) is 4.79 Å². The number of hydrogen-bond acceptors (Lipinski definition) is 4. The Hall–Kier alpha value is -2.34. The molecule has 6 heteroatoms. The van der Waals surface area contributed by atoms with Crippen molar-refractivity contribution in [1.29, 1.82) is 0 Å². The molecule has 0 saturated heterocycles. The lowest BCUT2D eigenvalue weighted by Gasteiger charge is -2.10. The summed E-state index contributed by atoms with van der Waals surface area (Å²) < 4.78 is 11.4. The molecule has 1 amide bonds. The fourth-order valence-electron chi connectivity index (χ4n) is 2.92. The van der Waals surface area contributed by atoms with Gasteiger partial charge in [-0.1, -0.05) is 22.0 Å². The molecular weight excluding hydrogens is 398 g/mol. The van der Waals surface area contributed by atoms with Crippen LogP contribution >= 0.6 is 15.9 Å². The van der Waals surface area contributed by atoms with Gasteiger partial charge in [-0.3, -0.25) is 4.79 Å². The molecule has 136 valence electrons. The molecule has 0 bridgehead atoms. The summed E-state index contributed by atoms with van der Waals surface area (Å²) in [5, 5.41) is 2.72. The minimum absolute atomic E-state index is 0.219. The summed E-state index contributed by atoms with van der Waals surface area (Å²) in [5.74, 6) is -0.313. The van der Waals surface area contributed by atoms with E-state index in [1.54, 1.807) is 6.07 Å². The third-order valence-electron chi connectivity index (χ3n) is 4.25. The Morgan fingerprint density at radius 2 is 1.88 bits per heavy atom. The molecule has 1 aliphatic carbocycles. The number of anilines is 1. The third-order valence-corrected chi connectivity index (χ3v) is 4.75. The number of esters is 1. The van der Waals surface area contributed by atoms with Crippen LogP contribution in [0.25, 0.3) is 0 Å². The second-order valence-corrected chi connectivity index (χ2v) is 7.16. The lowest BCUT2D eigenvalue weighted by Crippen LogP contribution is -2.24. The molecular formula is C20H20BrNO4. The van der Waals surface area contributed by atoms with Crippen LogP contribution in [0.3, 0.4) is 0 Å². The van der Waals surface area contributed by atoms with Gasteiger partial charge in [-0.05, 0) is 73.2 Å². The second kappa shape index (κ2) is 8.36. The van der Waals surface area contributed by atoms with Crippen molar-refractivity contribution >= 4 is 33.5 Å². The molecule has 0 unspecified atom stereocenters. The predicted octanol–water partition coefficient (Wildman–Crippen LogP) is 3.81. The number of amides is 1. The fraction of sp³-hybridized carbons (Fsp3) is 0.300. The first-order valence-electron chi connectivity index (χ1n) is 8.47. The Kier molecular flexibility index (Phi) is 5.93. The first-order valence-corrected chi connectivity index (χ1v) is 9.27. The van der Waals surface area contributed by atoms with Crippen LogP contribution < -0.4 is 10.1 Å². The first-order chi connectivity index (χ1) is 12.5. The van der Waals surface area contributed by atoms with E-state index in [2.05, 4.69) is 21.2 Å². The SMILES string of the molecule is Cc1cc(Br)ccc1NC(=O)COC(=O)COc1ccc2c(c1)CCC2. The highest BCUT2D eigenvalue weighted by molar-refractivity contribution is 9.10. The van der Waals surface area contributed by atoms with E-state index in [4.69, 9.17) is 9.47 Å². The van der Waals surface area contributed by atoms with Crippen molar-refractivity contribution in [2.45, 2.75) is 26.2 Å². The smallest absolute Gasteiger partial charge is 0.344 e. The van der Waals surface area contributed by atoms with Gasteiger partial charge in [0.25, 0.3) is 5.91 Å². The number of ether oxygens (including phenoxy) is 2. The van der Waals surface area contributed by atoms with Crippen molar-refractivity contribution in [1.82, 2.24) is 0 Å². The molecule has 1 aliphatic rings. The highest BCUT2D eigenvalue weighted by atomic mass is 79.9. The van der Waals surface area contributed by atoms with Crippen LogP contribution in [0.5, 0.6) is 5.75 Å². The van der Waals surface area contributed by atoms with Crippen LogP contribution in [0.1, 0.15) is 23.1 Å². The normalized spacial score (nSPS) is 12.4. The van der Waals surface area contributed by atoms with E-state index < -0.39 is 5.97 Å². The molecule has 1 N–H and O–H groups in total. The summed E-state index contributed by atoms with van der Waals surface area (Å²) in [6.45, 7) is 1.32. The van der Waals surface area contributed by atoms with Gasteiger partial charge in [-0.2, -0.15) is 0 Å². The van der Waals surface area contributed by atoms with Crippen LogP contribution in [0, 0.1) is 6.92 Å². The zero-order chi connectivity index (χ0) is 18.5. The monoisotopic (exact) mass is 417 g/mol. The van der Waals surface area contributed by atoms with Gasteiger partial charge in [-0.15, -0.1) is 0 Å². The van der Waals surface area contributed by atoms with E-state index >= 15 is 0 Å². The molecule has 5 nitrogen and oxygen atoms in total. The molecule has 0 spiro atoms. The summed E-state index contributed by atoms with van der Waals surface area (Å²) >= 11 is 3.37. The quantitative estimate of drug-likeness (QED) is 0.725. The average molecular weight is 418 g/mol. The van der Waals surface area contributed by atoms with Gasteiger partial charge in [0.05, 0.1) is 0 Å². The van der Waals surface area contributed by atoms with Gasteiger partial charge in [0.2, 0.25) is 0 Å². The van der Waals surface area contributed by atoms with E-state index in [0.29, 0.717) is 11.4 Å². The van der Waals surface area contributed by atoms with E-state index in [1.807, 2.05) is 37.3 Å². The van der Waals surface area contributed by atoms with E-state index in [-0.39, 0.29) is 19.1 Å². The van der Waals surface area contributed by atoms with E-state index in [9.17, 15) is 9.59 Å². The maximum Gasteiger partial charge on any atom is 0.344 e. The largest absolute Gasteiger partial charge is 0.482 e. The molecule has 0 aromatic heterocycles. The van der Waals surface area contributed by atoms with Gasteiger partial charge in [0.15, 0.2) is 13.2 Å². The van der Waals surface area contributed by atoms with Crippen LogP contribution in [0.2, 0.25) is 0 Å².